The lowest BCUT2D eigenvalue weighted by Crippen LogP contribution is -2.42. The van der Waals surface area contributed by atoms with Crippen molar-refractivity contribution in [2.75, 3.05) is 49.2 Å². The van der Waals surface area contributed by atoms with Crippen LogP contribution in [0, 0.1) is 10.8 Å². The summed E-state index contributed by atoms with van der Waals surface area (Å²) in [6.45, 7) is 0. The second-order valence-electron chi connectivity index (χ2n) is 8.84. The van der Waals surface area contributed by atoms with E-state index in [1.165, 1.54) is 28.4 Å². The average molecular weight is 601 g/mol. The molecule has 0 aliphatic carbocycles. The number of hydrogen-bond donors (Lipinski definition) is 4. The first kappa shape index (κ1) is 30.8. The predicted molar refractivity (Wildman–Crippen MR) is 167 cm³/mol. The maximum Gasteiger partial charge on any atom is 0.559 e. The molecule has 13 nitrogen and oxygen atoms in total. The van der Waals surface area contributed by atoms with Gasteiger partial charge in [0.05, 0.1) is 39.8 Å². The number of anilines is 4. The number of rotatable bonds is 8. The molecule has 0 atom stereocenters. The number of carbonyl (C=O) groups is 1. The Labute approximate surface area is 254 Å². The number of nitrogens with one attached hydrogen (secondary N) is 4. The van der Waals surface area contributed by atoms with Crippen LogP contribution >= 0.6 is 0 Å². The van der Waals surface area contributed by atoms with Crippen molar-refractivity contribution in [1.82, 2.24) is 0 Å². The zero-order chi connectivity index (χ0) is 31.5. The van der Waals surface area contributed by atoms with Crippen molar-refractivity contribution in [1.29, 1.82) is 10.8 Å². The summed E-state index contributed by atoms with van der Waals surface area (Å²) < 4.78 is 21.2. The van der Waals surface area contributed by atoms with Crippen LogP contribution in [0.4, 0.5) is 27.5 Å². The quantitative estimate of drug-likeness (QED) is 0.105. The third kappa shape index (κ3) is 8.00. The minimum Gasteiger partial charge on any atom is -0.497 e. The Bertz CT molecular complexity index is 1500. The van der Waals surface area contributed by atoms with Crippen molar-refractivity contribution < 1.29 is 33.4 Å². The molecule has 0 radical (unpaired) electrons. The molecule has 0 bridgehead atoms. The molecule has 13 heteroatoms. The molecule has 0 saturated carbocycles. The lowest BCUT2D eigenvalue weighted by atomic mass is 10.3. The summed E-state index contributed by atoms with van der Waals surface area (Å²) in [5, 5.41) is 25.1. The summed E-state index contributed by atoms with van der Waals surface area (Å²) in [6, 6.07) is 26.9. The summed E-state index contributed by atoms with van der Waals surface area (Å²) in [4.78, 5) is 24.5. The van der Waals surface area contributed by atoms with Gasteiger partial charge in [0.15, 0.2) is 0 Å². The number of carbonyl (C=O) groups excluding carboxylic acids is 1. The molecule has 4 N–H and O–H groups in total. The molecule has 0 fully saturated rings. The van der Waals surface area contributed by atoms with E-state index in [2.05, 4.69) is 10.6 Å². The Kier molecular flexibility index (Phi) is 10.3. The zero-order valence-corrected chi connectivity index (χ0v) is 24.5. The molecule has 4 aromatic rings. The van der Waals surface area contributed by atoms with Crippen LogP contribution in [0.25, 0.3) is 0 Å². The minimum atomic E-state index is -1.26. The molecular formula is C31H32N6O7. The van der Waals surface area contributed by atoms with E-state index in [-0.39, 0.29) is 23.3 Å². The highest BCUT2D eigenvalue weighted by Crippen LogP contribution is 2.26. The van der Waals surface area contributed by atoms with Gasteiger partial charge in [0.25, 0.3) is 0 Å². The Hall–Kier alpha value is -6.11. The summed E-state index contributed by atoms with van der Waals surface area (Å²) in [7, 11) is 6.04. The smallest absolute Gasteiger partial charge is 0.497 e. The van der Waals surface area contributed by atoms with Crippen molar-refractivity contribution in [2.24, 2.45) is 0 Å². The van der Waals surface area contributed by atoms with Gasteiger partial charge in [-0.1, -0.05) is 24.3 Å². The van der Waals surface area contributed by atoms with Gasteiger partial charge in [-0.3, -0.25) is 20.5 Å². The summed E-state index contributed by atoms with van der Waals surface area (Å²) >= 11 is 0. The number of methoxy groups -OCH3 is 4. The lowest BCUT2D eigenvalue weighted by Gasteiger charge is -2.27. The lowest BCUT2D eigenvalue weighted by molar-refractivity contribution is 0.0594. The van der Waals surface area contributed by atoms with E-state index in [1.54, 1.807) is 97.1 Å². The Morgan fingerprint density at radius 3 is 1.25 bits per heavy atom. The molecule has 228 valence electrons. The van der Waals surface area contributed by atoms with Gasteiger partial charge in [-0.05, 0) is 48.5 Å². The normalized spacial score (nSPS) is 10.1. The van der Waals surface area contributed by atoms with Crippen LogP contribution in [0.2, 0.25) is 0 Å². The Morgan fingerprint density at radius 2 is 0.886 bits per heavy atom. The van der Waals surface area contributed by atoms with E-state index in [4.69, 9.17) is 39.4 Å². The molecule has 0 unspecified atom stereocenters. The van der Waals surface area contributed by atoms with Gasteiger partial charge in [0.1, 0.15) is 23.0 Å². The largest absolute Gasteiger partial charge is 0.559 e. The van der Waals surface area contributed by atoms with Crippen LogP contribution in [0.5, 0.6) is 23.0 Å². The van der Waals surface area contributed by atoms with E-state index in [0.717, 1.165) is 10.1 Å². The highest BCUT2D eigenvalue weighted by atomic mass is 16.9. The molecule has 0 aromatic heterocycles. The average Bonchev–Trinajstić information content (AvgIpc) is 3.06. The number of hydroxylamine groups is 2. The van der Waals surface area contributed by atoms with E-state index in [9.17, 15) is 4.79 Å². The van der Waals surface area contributed by atoms with Gasteiger partial charge in [0, 0.05) is 35.6 Å². The molecule has 0 aliphatic rings. The highest BCUT2D eigenvalue weighted by molar-refractivity contribution is 6.04. The summed E-state index contributed by atoms with van der Waals surface area (Å²) in [5.74, 6) is 1.38. The number of ether oxygens (including phenoxy) is 4. The van der Waals surface area contributed by atoms with Crippen LogP contribution in [0.3, 0.4) is 0 Å². The monoisotopic (exact) mass is 600 g/mol. The van der Waals surface area contributed by atoms with E-state index >= 15 is 0 Å². The predicted octanol–water partition coefficient (Wildman–Crippen LogP) is 6.11. The van der Waals surface area contributed by atoms with Crippen molar-refractivity contribution in [3.8, 4) is 23.0 Å². The van der Waals surface area contributed by atoms with Crippen molar-refractivity contribution in [3.05, 3.63) is 97.1 Å². The molecule has 0 amide bonds. The van der Waals surface area contributed by atoms with Crippen LogP contribution in [-0.2, 0) is 9.68 Å². The molecule has 0 spiro atoms. The topological polar surface area (TPSA) is 151 Å². The van der Waals surface area contributed by atoms with Crippen molar-refractivity contribution in [2.45, 2.75) is 0 Å². The first-order valence-corrected chi connectivity index (χ1v) is 13.1. The maximum atomic E-state index is 13.4. The SMILES string of the molecule is COc1cccc(NC(=N)N(OC(=O)ON(C(=N)Nc2cccc(OC)c2)c2cccc(OC)c2)c2cccc(OC)c2)c1. The molecule has 4 aromatic carbocycles. The fourth-order valence-electron chi connectivity index (χ4n) is 3.87. The third-order valence-corrected chi connectivity index (χ3v) is 5.98. The van der Waals surface area contributed by atoms with Crippen molar-refractivity contribution >= 4 is 40.8 Å². The Morgan fingerprint density at radius 1 is 0.545 bits per heavy atom. The maximum absolute atomic E-state index is 13.4. The molecule has 0 heterocycles. The van der Waals surface area contributed by atoms with E-state index in [0.29, 0.717) is 34.4 Å². The van der Waals surface area contributed by atoms with E-state index < -0.39 is 6.16 Å². The Balaban J connectivity index is 1.62. The van der Waals surface area contributed by atoms with Crippen LogP contribution in [0.1, 0.15) is 0 Å². The minimum absolute atomic E-state index is 0.277. The standard InChI is InChI=1S/C31H32N6O7/c1-39-25-13-5-9-21(17-25)34-29(32)36(23-11-7-15-27(19-23)41-3)43-31(38)44-37(24-12-8-16-28(20-24)42-4)30(33)35-22-10-6-14-26(18-22)40-2/h5-20H,1-4H3,(H2,32,34)(H2,33,35). The molecule has 0 saturated heterocycles. The van der Waals surface area contributed by atoms with Crippen LogP contribution < -0.4 is 39.7 Å². The fourth-order valence-corrected chi connectivity index (χ4v) is 3.87. The van der Waals surface area contributed by atoms with Gasteiger partial charge in [0.2, 0.25) is 11.9 Å². The summed E-state index contributed by atoms with van der Waals surface area (Å²) in [5.41, 5.74) is 1.56. The number of guanidine groups is 2. The van der Waals surface area contributed by atoms with Crippen LogP contribution in [-0.4, -0.2) is 46.5 Å². The van der Waals surface area contributed by atoms with Gasteiger partial charge in [-0.25, -0.2) is 0 Å². The third-order valence-electron chi connectivity index (χ3n) is 5.98. The first-order valence-electron chi connectivity index (χ1n) is 13.1. The fraction of sp³-hybridized carbons (Fsp3) is 0.129. The molecular weight excluding hydrogens is 568 g/mol. The zero-order valence-electron chi connectivity index (χ0n) is 24.5. The summed E-state index contributed by atoms with van der Waals surface area (Å²) in [6.07, 6.45) is -1.26. The molecule has 0 aliphatic heterocycles. The highest BCUT2D eigenvalue weighted by Gasteiger charge is 2.26. The second kappa shape index (κ2) is 14.7. The molecule has 44 heavy (non-hydrogen) atoms. The number of hydrogen-bond acceptors (Lipinski definition) is 9. The van der Waals surface area contributed by atoms with Gasteiger partial charge in [-0.15, -0.1) is 10.1 Å². The van der Waals surface area contributed by atoms with Crippen LogP contribution in [0.15, 0.2) is 97.1 Å². The number of nitrogens with zero attached hydrogens (tertiary/aromatic N) is 2. The first-order chi connectivity index (χ1) is 21.3. The second-order valence-corrected chi connectivity index (χ2v) is 8.84. The molecule has 4 rings (SSSR count). The van der Waals surface area contributed by atoms with Gasteiger partial charge in [-0.2, -0.15) is 4.79 Å². The van der Waals surface area contributed by atoms with Gasteiger partial charge < -0.3 is 29.6 Å². The van der Waals surface area contributed by atoms with E-state index in [1.807, 2.05) is 0 Å². The van der Waals surface area contributed by atoms with Gasteiger partial charge >= 0.3 is 6.16 Å². The van der Waals surface area contributed by atoms with Crippen molar-refractivity contribution in [3.63, 3.8) is 0 Å². The number of benzene rings is 4.